The van der Waals surface area contributed by atoms with Gasteiger partial charge in [0.25, 0.3) is 5.92 Å². The Kier molecular flexibility index (Phi) is 2.40. The van der Waals surface area contributed by atoms with Crippen LogP contribution < -0.4 is 0 Å². The van der Waals surface area contributed by atoms with Crippen molar-refractivity contribution in [1.82, 2.24) is 14.7 Å². The Bertz CT molecular complexity index is 646. The first kappa shape index (κ1) is 13.0. The van der Waals surface area contributed by atoms with Gasteiger partial charge in [0.2, 0.25) is 0 Å². The van der Waals surface area contributed by atoms with Crippen molar-refractivity contribution in [3.05, 3.63) is 18.0 Å². The Hall–Kier alpha value is -1.50. The minimum atomic E-state index is -2.58. The Balaban J connectivity index is 1.20. The molecule has 118 valence electrons. The van der Waals surface area contributed by atoms with Crippen molar-refractivity contribution in [2.24, 2.45) is 11.1 Å². The van der Waals surface area contributed by atoms with Crippen molar-refractivity contribution in [3.63, 3.8) is 0 Å². The summed E-state index contributed by atoms with van der Waals surface area (Å²) in [5.41, 5.74) is 1.94. The van der Waals surface area contributed by atoms with E-state index in [4.69, 9.17) is 4.84 Å². The van der Waals surface area contributed by atoms with E-state index in [0.717, 1.165) is 25.2 Å². The van der Waals surface area contributed by atoms with Crippen molar-refractivity contribution in [2.75, 3.05) is 13.1 Å². The van der Waals surface area contributed by atoms with E-state index in [0.29, 0.717) is 12.5 Å². The van der Waals surface area contributed by atoms with E-state index in [-0.39, 0.29) is 12.0 Å². The fourth-order valence-electron chi connectivity index (χ4n) is 3.68. The predicted octanol–water partition coefficient (Wildman–Crippen LogP) is 2.20. The lowest BCUT2D eigenvalue weighted by atomic mass is 9.87. The topological polar surface area (TPSA) is 42.7 Å². The van der Waals surface area contributed by atoms with Crippen molar-refractivity contribution in [1.29, 1.82) is 0 Å². The van der Waals surface area contributed by atoms with E-state index in [2.05, 4.69) is 15.2 Å². The molecule has 2 aliphatic heterocycles. The van der Waals surface area contributed by atoms with Gasteiger partial charge in [-0.1, -0.05) is 5.16 Å². The lowest BCUT2D eigenvalue weighted by Crippen LogP contribution is -2.61. The summed E-state index contributed by atoms with van der Waals surface area (Å²) in [6.07, 6.45) is 4.95. The third-order valence-electron chi connectivity index (χ3n) is 5.16. The molecule has 5 rings (SSSR count). The first-order valence-electron chi connectivity index (χ1n) is 7.92. The van der Waals surface area contributed by atoms with Crippen molar-refractivity contribution in [2.45, 2.75) is 49.8 Å². The van der Waals surface area contributed by atoms with E-state index in [1.54, 1.807) is 6.20 Å². The second-order valence-corrected chi connectivity index (χ2v) is 7.20. The summed E-state index contributed by atoms with van der Waals surface area (Å²) in [5.74, 6) is -1.93. The Morgan fingerprint density at radius 1 is 1.32 bits per heavy atom. The number of oxime groups is 1. The standard InChI is InChI=1S/C15H18F2N4O/c16-15(17)6-13(15)21-11(3-4-18-21)7-20-8-14(9-20)5-12(19-22-14)10-1-2-10/h3-4,10,13H,1-2,5-9H2. The third-order valence-corrected chi connectivity index (χ3v) is 5.16. The molecule has 2 saturated carbocycles. The maximum absolute atomic E-state index is 13.2. The molecule has 1 saturated heterocycles. The average molecular weight is 308 g/mol. The van der Waals surface area contributed by atoms with Crippen molar-refractivity contribution < 1.29 is 13.6 Å². The molecule has 0 aromatic carbocycles. The first-order valence-corrected chi connectivity index (χ1v) is 7.92. The number of aromatic nitrogens is 2. The van der Waals surface area contributed by atoms with Gasteiger partial charge in [-0.3, -0.25) is 9.58 Å². The summed E-state index contributed by atoms with van der Waals surface area (Å²) in [7, 11) is 0. The van der Waals surface area contributed by atoms with E-state index < -0.39 is 12.0 Å². The summed E-state index contributed by atoms with van der Waals surface area (Å²) < 4.78 is 27.9. The van der Waals surface area contributed by atoms with Crippen LogP contribution in [-0.2, 0) is 11.4 Å². The molecule has 7 heteroatoms. The van der Waals surface area contributed by atoms with Gasteiger partial charge in [0, 0.05) is 44.6 Å². The Labute approximate surface area is 126 Å². The number of likely N-dealkylation sites (tertiary alicyclic amines) is 1. The molecule has 1 aromatic rings. The highest BCUT2D eigenvalue weighted by Crippen LogP contribution is 2.52. The molecular formula is C15H18F2N4O. The lowest BCUT2D eigenvalue weighted by Gasteiger charge is -2.45. The fraction of sp³-hybridized carbons (Fsp3) is 0.733. The van der Waals surface area contributed by atoms with Gasteiger partial charge in [-0.25, -0.2) is 8.78 Å². The van der Waals surface area contributed by atoms with Gasteiger partial charge >= 0.3 is 0 Å². The summed E-state index contributed by atoms with van der Waals surface area (Å²) in [6.45, 7) is 2.29. The molecule has 22 heavy (non-hydrogen) atoms. The van der Waals surface area contributed by atoms with Crippen molar-refractivity contribution >= 4 is 5.71 Å². The summed E-state index contributed by atoms with van der Waals surface area (Å²) in [5, 5.41) is 8.33. The maximum atomic E-state index is 13.2. The quantitative estimate of drug-likeness (QED) is 0.856. The lowest BCUT2D eigenvalue weighted by molar-refractivity contribution is -0.129. The number of halogens is 2. The zero-order valence-corrected chi connectivity index (χ0v) is 12.2. The summed E-state index contributed by atoms with van der Waals surface area (Å²) >= 11 is 0. The third kappa shape index (κ3) is 1.98. The Morgan fingerprint density at radius 3 is 2.77 bits per heavy atom. The van der Waals surface area contributed by atoms with Crippen LogP contribution in [0.2, 0.25) is 0 Å². The van der Waals surface area contributed by atoms with Crippen LogP contribution in [0.1, 0.15) is 37.4 Å². The molecule has 1 aromatic heterocycles. The van der Waals surface area contributed by atoms with E-state index >= 15 is 0 Å². The molecule has 0 N–H and O–H groups in total. The van der Waals surface area contributed by atoms with Gasteiger partial charge in [0.05, 0.1) is 11.4 Å². The van der Waals surface area contributed by atoms with Gasteiger partial charge in [0.15, 0.2) is 5.60 Å². The highest BCUT2D eigenvalue weighted by Gasteiger charge is 2.59. The zero-order valence-electron chi connectivity index (χ0n) is 12.2. The van der Waals surface area contributed by atoms with Crippen LogP contribution in [0.25, 0.3) is 0 Å². The van der Waals surface area contributed by atoms with Gasteiger partial charge in [-0.15, -0.1) is 0 Å². The summed E-state index contributed by atoms with van der Waals surface area (Å²) in [4.78, 5) is 7.89. The normalized spacial score (nSPS) is 31.7. The number of rotatable bonds is 4. The molecule has 1 unspecified atom stereocenters. The molecule has 2 aliphatic carbocycles. The molecule has 5 nitrogen and oxygen atoms in total. The second kappa shape index (κ2) is 4.07. The number of alkyl halides is 2. The number of hydrogen-bond donors (Lipinski definition) is 0. The highest BCUT2D eigenvalue weighted by atomic mass is 19.3. The van der Waals surface area contributed by atoms with Crippen LogP contribution >= 0.6 is 0 Å². The molecule has 3 heterocycles. The van der Waals surface area contributed by atoms with Gasteiger partial charge in [0.1, 0.15) is 6.04 Å². The van der Waals surface area contributed by atoms with Crippen LogP contribution in [0.3, 0.4) is 0 Å². The fourth-order valence-corrected chi connectivity index (χ4v) is 3.68. The molecular weight excluding hydrogens is 290 g/mol. The second-order valence-electron chi connectivity index (χ2n) is 7.20. The molecule has 3 fully saturated rings. The maximum Gasteiger partial charge on any atom is 0.272 e. The molecule has 4 aliphatic rings. The van der Waals surface area contributed by atoms with Crippen LogP contribution in [-0.4, -0.2) is 45.0 Å². The predicted molar refractivity (Wildman–Crippen MR) is 74.7 cm³/mol. The molecule has 1 atom stereocenters. The summed E-state index contributed by atoms with van der Waals surface area (Å²) in [6, 6.07) is 1.08. The minimum absolute atomic E-state index is 0.0900. The van der Waals surface area contributed by atoms with Crippen LogP contribution in [0.5, 0.6) is 0 Å². The monoisotopic (exact) mass is 308 g/mol. The van der Waals surface area contributed by atoms with Crippen LogP contribution in [0, 0.1) is 5.92 Å². The van der Waals surface area contributed by atoms with Gasteiger partial charge in [-0.2, -0.15) is 5.10 Å². The smallest absolute Gasteiger partial charge is 0.272 e. The van der Waals surface area contributed by atoms with Gasteiger partial charge in [-0.05, 0) is 18.9 Å². The van der Waals surface area contributed by atoms with Crippen LogP contribution in [0.4, 0.5) is 8.78 Å². The highest BCUT2D eigenvalue weighted by molar-refractivity contribution is 5.90. The average Bonchev–Trinajstić information content (AvgIpc) is 3.27. The molecule has 0 amide bonds. The van der Waals surface area contributed by atoms with Crippen LogP contribution in [0.15, 0.2) is 17.4 Å². The molecule has 0 radical (unpaired) electrons. The van der Waals surface area contributed by atoms with E-state index in [9.17, 15) is 8.78 Å². The first-order chi connectivity index (χ1) is 10.5. The zero-order chi connectivity index (χ0) is 14.9. The minimum Gasteiger partial charge on any atom is -0.386 e. The van der Waals surface area contributed by atoms with E-state index in [1.807, 2.05) is 6.07 Å². The van der Waals surface area contributed by atoms with Gasteiger partial charge < -0.3 is 4.84 Å². The number of hydrogen-bond acceptors (Lipinski definition) is 4. The number of nitrogens with zero attached hydrogens (tertiary/aromatic N) is 4. The molecule has 1 spiro atoms. The largest absolute Gasteiger partial charge is 0.386 e. The Morgan fingerprint density at radius 2 is 2.09 bits per heavy atom. The van der Waals surface area contributed by atoms with Crippen molar-refractivity contribution in [3.8, 4) is 0 Å². The van der Waals surface area contributed by atoms with E-state index in [1.165, 1.54) is 23.2 Å². The molecule has 0 bridgehead atoms. The SMILES string of the molecule is FC1(F)CC1n1nccc1CN1CC2(CC(C3CC3)=NO2)C1.